The monoisotopic (exact) mass is 311 g/mol. The fourth-order valence-electron chi connectivity index (χ4n) is 1.96. The predicted molar refractivity (Wildman–Crippen MR) is 90.9 cm³/mol. The van der Waals surface area contributed by atoms with Crippen LogP contribution in [0.3, 0.4) is 0 Å². The van der Waals surface area contributed by atoms with Crippen molar-refractivity contribution in [3.8, 4) is 5.75 Å². The van der Waals surface area contributed by atoms with E-state index in [1.165, 1.54) is 0 Å². The molecule has 0 saturated carbocycles. The number of carbonyl (C=O) groups is 1. The van der Waals surface area contributed by atoms with Crippen LogP contribution in [0.4, 0.5) is 0 Å². The summed E-state index contributed by atoms with van der Waals surface area (Å²) in [7, 11) is 0. The van der Waals surface area contributed by atoms with E-state index in [0.29, 0.717) is 12.4 Å². The van der Waals surface area contributed by atoms with Crippen LogP contribution in [0.15, 0.2) is 48.8 Å². The second-order valence-electron chi connectivity index (χ2n) is 5.52. The third kappa shape index (κ3) is 4.95. The van der Waals surface area contributed by atoms with E-state index in [2.05, 4.69) is 4.98 Å². The van der Waals surface area contributed by atoms with Crippen molar-refractivity contribution in [3.05, 3.63) is 59.9 Å². The van der Waals surface area contributed by atoms with Crippen molar-refractivity contribution < 1.29 is 14.3 Å². The van der Waals surface area contributed by atoms with Crippen molar-refractivity contribution >= 4 is 18.1 Å². The standard InChI is InChI=1S/C19H21NO3/c1-4-22-18(21)19(2,3)23-17-9-7-15(8-10-17)5-6-16-11-13-20-14-12-16/h5-14H,4H2,1-3H3. The van der Waals surface area contributed by atoms with Crippen LogP contribution in [-0.4, -0.2) is 23.2 Å². The maximum atomic E-state index is 11.8. The van der Waals surface area contributed by atoms with Crippen LogP contribution in [0.1, 0.15) is 31.9 Å². The zero-order valence-corrected chi connectivity index (χ0v) is 13.7. The zero-order chi connectivity index (χ0) is 16.7. The molecular weight excluding hydrogens is 290 g/mol. The van der Waals surface area contributed by atoms with Crippen LogP contribution in [0, 0.1) is 0 Å². The number of carbonyl (C=O) groups excluding carboxylic acids is 1. The summed E-state index contributed by atoms with van der Waals surface area (Å²) in [6, 6.07) is 11.4. The van der Waals surface area contributed by atoms with Crippen LogP contribution in [0.5, 0.6) is 5.75 Å². The zero-order valence-electron chi connectivity index (χ0n) is 13.7. The second kappa shape index (κ2) is 7.58. The smallest absolute Gasteiger partial charge is 0.349 e. The number of rotatable bonds is 6. The first-order valence-electron chi connectivity index (χ1n) is 7.55. The number of pyridine rings is 1. The van der Waals surface area contributed by atoms with Gasteiger partial charge in [-0.15, -0.1) is 0 Å². The lowest BCUT2D eigenvalue weighted by molar-refractivity contribution is -0.158. The van der Waals surface area contributed by atoms with Crippen LogP contribution < -0.4 is 4.74 Å². The van der Waals surface area contributed by atoms with Gasteiger partial charge in [0.05, 0.1) is 6.61 Å². The van der Waals surface area contributed by atoms with Gasteiger partial charge in [0.2, 0.25) is 0 Å². The third-order valence-electron chi connectivity index (χ3n) is 3.19. The lowest BCUT2D eigenvalue weighted by atomic mass is 10.1. The minimum absolute atomic E-state index is 0.338. The molecular formula is C19H21NO3. The molecule has 1 heterocycles. The summed E-state index contributed by atoms with van der Waals surface area (Å²) in [5.41, 5.74) is 1.12. The van der Waals surface area contributed by atoms with Crippen molar-refractivity contribution in [2.75, 3.05) is 6.61 Å². The molecule has 2 aromatic rings. The maximum absolute atomic E-state index is 11.8. The highest BCUT2D eigenvalue weighted by Crippen LogP contribution is 2.21. The molecule has 0 amide bonds. The van der Waals surface area contributed by atoms with Crippen molar-refractivity contribution in [2.24, 2.45) is 0 Å². The summed E-state index contributed by atoms with van der Waals surface area (Å²) in [4.78, 5) is 15.8. The summed E-state index contributed by atoms with van der Waals surface area (Å²) in [6.07, 6.45) is 7.54. The lowest BCUT2D eigenvalue weighted by Crippen LogP contribution is -2.39. The van der Waals surface area contributed by atoms with Gasteiger partial charge in [-0.05, 0) is 56.2 Å². The van der Waals surface area contributed by atoms with Gasteiger partial charge in [0.15, 0.2) is 5.60 Å². The molecule has 120 valence electrons. The van der Waals surface area contributed by atoms with Crippen molar-refractivity contribution in [3.63, 3.8) is 0 Å². The summed E-state index contributed by atoms with van der Waals surface area (Å²) in [5, 5.41) is 0. The molecule has 4 heteroatoms. The quantitative estimate of drug-likeness (QED) is 0.757. The molecule has 0 radical (unpaired) electrons. The fourth-order valence-corrected chi connectivity index (χ4v) is 1.96. The Morgan fingerprint density at radius 1 is 1.04 bits per heavy atom. The average Bonchev–Trinajstić information content (AvgIpc) is 2.55. The first kappa shape index (κ1) is 16.7. The molecule has 1 aromatic heterocycles. The first-order chi connectivity index (χ1) is 11.0. The highest BCUT2D eigenvalue weighted by atomic mass is 16.6. The molecule has 23 heavy (non-hydrogen) atoms. The van der Waals surface area contributed by atoms with Crippen LogP contribution in [-0.2, 0) is 9.53 Å². The van der Waals surface area contributed by atoms with Gasteiger partial charge in [-0.1, -0.05) is 24.3 Å². The van der Waals surface area contributed by atoms with E-state index >= 15 is 0 Å². The van der Waals surface area contributed by atoms with Crippen LogP contribution >= 0.6 is 0 Å². The van der Waals surface area contributed by atoms with E-state index in [0.717, 1.165) is 11.1 Å². The van der Waals surface area contributed by atoms with Crippen molar-refractivity contribution in [1.82, 2.24) is 4.98 Å². The second-order valence-corrected chi connectivity index (χ2v) is 5.52. The van der Waals surface area contributed by atoms with E-state index in [1.807, 2.05) is 48.6 Å². The Balaban J connectivity index is 2.02. The van der Waals surface area contributed by atoms with Crippen molar-refractivity contribution in [1.29, 1.82) is 0 Å². The van der Waals surface area contributed by atoms with E-state index in [1.54, 1.807) is 33.2 Å². The molecule has 0 aliphatic carbocycles. The molecule has 4 nitrogen and oxygen atoms in total. The molecule has 0 fully saturated rings. The van der Waals surface area contributed by atoms with Crippen LogP contribution in [0.25, 0.3) is 12.2 Å². The van der Waals surface area contributed by atoms with E-state index < -0.39 is 5.60 Å². The molecule has 2 rings (SSSR count). The number of hydrogen-bond acceptors (Lipinski definition) is 4. The molecule has 0 atom stereocenters. The third-order valence-corrected chi connectivity index (χ3v) is 3.19. The van der Waals surface area contributed by atoms with Gasteiger partial charge in [-0.3, -0.25) is 4.98 Å². The lowest BCUT2D eigenvalue weighted by Gasteiger charge is -2.24. The van der Waals surface area contributed by atoms with Gasteiger partial charge >= 0.3 is 5.97 Å². The normalized spacial score (nSPS) is 11.4. The summed E-state index contributed by atoms with van der Waals surface area (Å²) in [5.74, 6) is 0.255. The molecule has 0 aliphatic rings. The topological polar surface area (TPSA) is 48.4 Å². The molecule has 0 unspecified atom stereocenters. The minimum Gasteiger partial charge on any atom is -0.476 e. The average molecular weight is 311 g/mol. The largest absolute Gasteiger partial charge is 0.476 e. The number of esters is 1. The Bertz CT molecular complexity index is 661. The first-order valence-corrected chi connectivity index (χ1v) is 7.55. The van der Waals surface area contributed by atoms with Gasteiger partial charge in [-0.25, -0.2) is 4.79 Å². The molecule has 0 bridgehead atoms. The Hall–Kier alpha value is -2.62. The number of nitrogens with zero attached hydrogens (tertiary/aromatic N) is 1. The molecule has 0 spiro atoms. The van der Waals surface area contributed by atoms with E-state index in [9.17, 15) is 4.79 Å². The van der Waals surface area contributed by atoms with Gasteiger partial charge in [0.25, 0.3) is 0 Å². The highest BCUT2D eigenvalue weighted by molar-refractivity contribution is 5.79. The van der Waals surface area contributed by atoms with Gasteiger partial charge < -0.3 is 9.47 Å². The Labute approximate surface area is 136 Å². The molecule has 0 N–H and O–H groups in total. The molecule has 0 saturated heterocycles. The summed E-state index contributed by atoms with van der Waals surface area (Å²) in [6.45, 7) is 5.51. The summed E-state index contributed by atoms with van der Waals surface area (Å²) < 4.78 is 10.7. The molecule has 0 aliphatic heterocycles. The van der Waals surface area contributed by atoms with Gasteiger partial charge in [0, 0.05) is 12.4 Å². The van der Waals surface area contributed by atoms with Gasteiger partial charge in [0.1, 0.15) is 5.75 Å². The predicted octanol–water partition coefficient (Wildman–Crippen LogP) is 3.97. The SMILES string of the molecule is CCOC(=O)C(C)(C)Oc1ccc(C=Cc2ccncc2)cc1. The van der Waals surface area contributed by atoms with Gasteiger partial charge in [-0.2, -0.15) is 0 Å². The molecule has 1 aromatic carbocycles. The number of hydrogen-bond donors (Lipinski definition) is 0. The minimum atomic E-state index is -1.01. The Kier molecular flexibility index (Phi) is 5.52. The number of aromatic nitrogens is 1. The van der Waals surface area contributed by atoms with E-state index in [4.69, 9.17) is 9.47 Å². The Morgan fingerprint density at radius 3 is 2.17 bits per heavy atom. The van der Waals surface area contributed by atoms with E-state index in [-0.39, 0.29) is 5.97 Å². The Morgan fingerprint density at radius 2 is 1.61 bits per heavy atom. The van der Waals surface area contributed by atoms with Crippen molar-refractivity contribution in [2.45, 2.75) is 26.4 Å². The number of ether oxygens (including phenoxy) is 2. The fraction of sp³-hybridized carbons (Fsp3) is 0.263. The number of benzene rings is 1. The maximum Gasteiger partial charge on any atom is 0.349 e. The van der Waals surface area contributed by atoms with Crippen LogP contribution in [0.2, 0.25) is 0 Å². The highest BCUT2D eigenvalue weighted by Gasteiger charge is 2.31. The summed E-state index contributed by atoms with van der Waals surface area (Å²) >= 11 is 0.